The SMILES string of the molecule is C[C@@H](O)[C@H]1ON(Cc2ccc(C#Cc3ccc(Cl)cc3)cc2)C(C(=O)NCCc2c[nH]c3ccccc23)[C@H]1CO. The first-order valence-electron chi connectivity index (χ1n) is 13.3. The Labute approximate surface area is 238 Å². The molecule has 0 aliphatic carbocycles. The second-order valence-corrected chi connectivity index (χ2v) is 10.5. The van der Waals surface area contributed by atoms with Crippen LogP contribution in [-0.4, -0.2) is 57.6 Å². The van der Waals surface area contributed by atoms with E-state index in [1.807, 2.05) is 60.8 Å². The Hall–Kier alpha value is -3.64. The fraction of sp³-hybridized carbons (Fsp3) is 0.281. The average Bonchev–Trinajstić information content (AvgIpc) is 3.55. The standard InChI is InChI=1S/C32H32ClN3O4/c1-21(38)31-28(20-37)30(32(39)34-17-16-25-18-35-29-5-3-2-4-27(25)29)36(40-31)19-24-10-8-22(9-11-24)6-7-23-12-14-26(33)15-13-23/h2-5,8-15,18,21,28,30-31,35,37-38H,16-17,19-20H2,1H3,(H,34,39)/t21-,28-,30?,31-/m1/s1. The summed E-state index contributed by atoms with van der Waals surface area (Å²) in [5.41, 5.74) is 4.81. The largest absolute Gasteiger partial charge is 0.396 e. The molecule has 0 spiro atoms. The number of nitrogens with zero attached hydrogens (tertiary/aromatic N) is 1. The normalized spacial score (nSPS) is 19.8. The second-order valence-electron chi connectivity index (χ2n) is 10.0. The van der Waals surface area contributed by atoms with E-state index in [4.69, 9.17) is 16.4 Å². The van der Waals surface area contributed by atoms with Gasteiger partial charge >= 0.3 is 0 Å². The van der Waals surface area contributed by atoms with Crippen LogP contribution in [0.4, 0.5) is 0 Å². The molecule has 40 heavy (non-hydrogen) atoms. The zero-order valence-electron chi connectivity index (χ0n) is 22.2. The molecule has 7 nitrogen and oxygen atoms in total. The minimum atomic E-state index is -0.853. The maximum atomic E-state index is 13.4. The number of para-hydroxylation sites is 1. The summed E-state index contributed by atoms with van der Waals surface area (Å²) in [4.78, 5) is 22.7. The molecule has 2 heterocycles. The second kappa shape index (κ2) is 12.7. The third kappa shape index (κ3) is 6.39. The van der Waals surface area contributed by atoms with Crippen LogP contribution in [0, 0.1) is 17.8 Å². The fourth-order valence-electron chi connectivity index (χ4n) is 5.12. The number of hydrogen-bond donors (Lipinski definition) is 4. The highest BCUT2D eigenvalue weighted by Gasteiger charge is 2.48. The molecule has 1 fully saturated rings. The quantitative estimate of drug-likeness (QED) is 0.245. The lowest BCUT2D eigenvalue weighted by atomic mass is 9.92. The molecule has 0 bridgehead atoms. The predicted octanol–water partition coefficient (Wildman–Crippen LogP) is 4.05. The molecule has 0 saturated carbocycles. The molecule has 1 aliphatic rings. The first-order chi connectivity index (χ1) is 19.4. The maximum Gasteiger partial charge on any atom is 0.240 e. The van der Waals surface area contributed by atoms with E-state index in [9.17, 15) is 15.0 Å². The van der Waals surface area contributed by atoms with Crippen molar-refractivity contribution < 1.29 is 19.8 Å². The highest BCUT2D eigenvalue weighted by molar-refractivity contribution is 6.30. The first-order valence-corrected chi connectivity index (χ1v) is 13.7. The summed E-state index contributed by atoms with van der Waals surface area (Å²) in [6.45, 7) is 2.07. The number of hydrogen-bond acceptors (Lipinski definition) is 5. The number of hydroxylamine groups is 2. The summed E-state index contributed by atoms with van der Waals surface area (Å²) in [7, 11) is 0. The fourth-order valence-corrected chi connectivity index (χ4v) is 5.24. The number of aliphatic hydroxyl groups is 2. The van der Waals surface area contributed by atoms with Gasteiger partial charge in [-0.05, 0) is 66.9 Å². The van der Waals surface area contributed by atoms with Crippen molar-refractivity contribution in [2.75, 3.05) is 13.2 Å². The van der Waals surface area contributed by atoms with Crippen LogP contribution in [-0.2, 0) is 22.6 Å². The minimum Gasteiger partial charge on any atom is -0.396 e. The zero-order valence-corrected chi connectivity index (χ0v) is 22.9. The number of carbonyl (C=O) groups is 1. The number of amides is 1. The molecule has 206 valence electrons. The third-order valence-electron chi connectivity index (χ3n) is 7.21. The van der Waals surface area contributed by atoms with Gasteiger partial charge in [0, 0.05) is 45.7 Å². The molecule has 1 unspecified atom stereocenters. The number of fused-ring (bicyclic) bond motifs is 1. The number of aromatic nitrogens is 1. The van der Waals surface area contributed by atoms with Gasteiger partial charge in [-0.3, -0.25) is 9.63 Å². The van der Waals surface area contributed by atoms with Gasteiger partial charge in [0.15, 0.2) is 0 Å². The van der Waals surface area contributed by atoms with E-state index in [0.29, 0.717) is 24.5 Å². The highest BCUT2D eigenvalue weighted by atomic mass is 35.5. The Morgan fingerprint density at radius 3 is 2.42 bits per heavy atom. The zero-order chi connectivity index (χ0) is 28.1. The number of aliphatic hydroxyl groups excluding tert-OH is 2. The smallest absolute Gasteiger partial charge is 0.240 e. The topological polar surface area (TPSA) is 97.8 Å². The summed E-state index contributed by atoms with van der Waals surface area (Å²) < 4.78 is 0. The van der Waals surface area contributed by atoms with Gasteiger partial charge in [-0.25, -0.2) is 0 Å². The molecule has 4 atom stereocenters. The Bertz CT molecular complexity index is 1510. The molecule has 1 amide bonds. The molecule has 8 heteroatoms. The molecular weight excluding hydrogens is 526 g/mol. The molecule has 1 aliphatic heterocycles. The van der Waals surface area contributed by atoms with E-state index in [0.717, 1.165) is 33.2 Å². The van der Waals surface area contributed by atoms with Crippen molar-refractivity contribution in [1.29, 1.82) is 0 Å². The van der Waals surface area contributed by atoms with Crippen LogP contribution in [0.2, 0.25) is 5.02 Å². The lowest BCUT2D eigenvalue weighted by Crippen LogP contribution is -2.48. The van der Waals surface area contributed by atoms with Crippen molar-refractivity contribution in [3.8, 4) is 11.8 Å². The van der Waals surface area contributed by atoms with Crippen molar-refractivity contribution in [2.45, 2.75) is 38.1 Å². The van der Waals surface area contributed by atoms with E-state index >= 15 is 0 Å². The molecule has 4 aromatic rings. The number of halogens is 1. The summed E-state index contributed by atoms with van der Waals surface area (Å²) in [6.07, 6.45) is 1.07. The van der Waals surface area contributed by atoms with Gasteiger partial charge in [0.05, 0.1) is 19.3 Å². The number of benzene rings is 3. The molecule has 1 saturated heterocycles. The van der Waals surface area contributed by atoms with Crippen LogP contribution in [0.25, 0.3) is 10.9 Å². The van der Waals surface area contributed by atoms with Crippen molar-refractivity contribution in [3.05, 3.63) is 106 Å². The molecule has 4 N–H and O–H groups in total. The van der Waals surface area contributed by atoms with E-state index in [1.165, 1.54) is 0 Å². The number of H-pyrrole nitrogens is 1. The lowest BCUT2D eigenvalue weighted by molar-refractivity contribution is -0.192. The van der Waals surface area contributed by atoms with E-state index in [2.05, 4.69) is 28.2 Å². The molecule has 1 aromatic heterocycles. The summed E-state index contributed by atoms with van der Waals surface area (Å²) in [5, 5.41) is 26.9. The van der Waals surface area contributed by atoms with Crippen molar-refractivity contribution >= 4 is 28.4 Å². The Morgan fingerprint density at radius 2 is 1.75 bits per heavy atom. The van der Waals surface area contributed by atoms with Crippen LogP contribution >= 0.6 is 11.6 Å². The van der Waals surface area contributed by atoms with E-state index in [1.54, 1.807) is 24.1 Å². The first kappa shape index (κ1) is 27.9. The van der Waals surface area contributed by atoms with Crippen LogP contribution in [0.15, 0.2) is 79.0 Å². The van der Waals surface area contributed by atoms with Crippen LogP contribution in [0.1, 0.15) is 29.2 Å². The number of nitrogens with one attached hydrogen (secondary N) is 2. The lowest BCUT2D eigenvalue weighted by Gasteiger charge is -2.24. The van der Waals surface area contributed by atoms with Gasteiger partial charge in [-0.2, -0.15) is 5.06 Å². The van der Waals surface area contributed by atoms with Gasteiger partial charge in [-0.15, -0.1) is 0 Å². The Morgan fingerprint density at radius 1 is 1.07 bits per heavy atom. The van der Waals surface area contributed by atoms with Gasteiger partial charge < -0.3 is 20.5 Å². The number of rotatable bonds is 8. The van der Waals surface area contributed by atoms with Gasteiger partial charge in [0.2, 0.25) is 5.91 Å². The molecule has 3 aromatic carbocycles. The van der Waals surface area contributed by atoms with Crippen LogP contribution in [0.3, 0.4) is 0 Å². The van der Waals surface area contributed by atoms with E-state index < -0.39 is 24.2 Å². The maximum absolute atomic E-state index is 13.4. The monoisotopic (exact) mass is 557 g/mol. The van der Waals surface area contributed by atoms with Gasteiger partial charge in [0.25, 0.3) is 0 Å². The van der Waals surface area contributed by atoms with Gasteiger partial charge in [-0.1, -0.05) is 53.8 Å². The molecular formula is C32H32ClN3O4. The van der Waals surface area contributed by atoms with Crippen molar-refractivity contribution in [3.63, 3.8) is 0 Å². The molecule has 0 radical (unpaired) electrons. The van der Waals surface area contributed by atoms with E-state index in [-0.39, 0.29) is 12.5 Å². The Kier molecular flexibility index (Phi) is 8.85. The average molecular weight is 558 g/mol. The van der Waals surface area contributed by atoms with Crippen LogP contribution in [0.5, 0.6) is 0 Å². The van der Waals surface area contributed by atoms with Gasteiger partial charge in [0.1, 0.15) is 12.1 Å². The predicted molar refractivity (Wildman–Crippen MR) is 155 cm³/mol. The highest BCUT2D eigenvalue weighted by Crippen LogP contribution is 2.31. The molecule has 5 rings (SSSR count). The summed E-state index contributed by atoms with van der Waals surface area (Å²) >= 11 is 5.94. The number of aromatic amines is 1. The number of carbonyl (C=O) groups excluding carboxylic acids is 1. The summed E-state index contributed by atoms with van der Waals surface area (Å²) in [6, 6.07) is 22.4. The third-order valence-corrected chi connectivity index (χ3v) is 7.46. The minimum absolute atomic E-state index is 0.243. The summed E-state index contributed by atoms with van der Waals surface area (Å²) in [5.74, 6) is 5.45. The van der Waals surface area contributed by atoms with Crippen molar-refractivity contribution in [2.24, 2.45) is 5.92 Å². The van der Waals surface area contributed by atoms with Crippen molar-refractivity contribution in [1.82, 2.24) is 15.4 Å². The van der Waals surface area contributed by atoms with Crippen LogP contribution < -0.4 is 5.32 Å². The Balaban J connectivity index is 1.26.